The highest BCUT2D eigenvalue weighted by Crippen LogP contribution is 2.15. The van der Waals surface area contributed by atoms with E-state index in [1.54, 1.807) is 24.2 Å². The smallest absolute Gasteiger partial charge is 0.243 e. The SMILES string of the molecule is CSCCC(C(=O)NCc1cccnc1)n1cccc1. The van der Waals surface area contributed by atoms with Gasteiger partial charge in [-0.1, -0.05) is 6.07 Å². The highest BCUT2D eigenvalue weighted by atomic mass is 32.2. The van der Waals surface area contributed by atoms with E-state index in [0.717, 1.165) is 17.7 Å². The quantitative estimate of drug-likeness (QED) is 0.852. The van der Waals surface area contributed by atoms with Gasteiger partial charge in [-0.2, -0.15) is 11.8 Å². The minimum absolute atomic E-state index is 0.0547. The van der Waals surface area contributed by atoms with Gasteiger partial charge in [0.15, 0.2) is 0 Å². The summed E-state index contributed by atoms with van der Waals surface area (Å²) >= 11 is 1.76. The van der Waals surface area contributed by atoms with E-state index in [1.807, 2.05) is 41.2 Å². The van der Waals surface area contributed by atoms with Gasteiger partial charge in [-0.25, -0.2) is 0 Å². The molecule has 20 heavy (non-hydrogen) atoms. The Morgan fingerprint density at radius 1 is 1.40 bits per heavy atom. The van der Waals surface area contributed by atoms with Crippen LogP contribution in [0, 0.1) is 0 Å². The zero-order valence-electron chi connectivity index (χ0n) is 11.5. The molecule has 0 spiro atoms. The predicted molar refractivity (Wildman–Crippen MR) is 82.6 cm³/mol. The first kappa shape index (κ1) is 14.7. The van der Waals surface area contributed by atoms with Crippen molar-refractivity contribution in [2.75, 3.05) is 12.0 Å². The third kappa shape index (κ3) is 4.13. The molecule has 1 unspecified atom stereocenters. The van der Waals surface area contributed by atoms with Crippen molar-refractivity contribution in [2.24, 2.45) is 0 Å². The maximum atomic E-state index is 12.4. The summed E-state index contributed by atoms with van der Waals surface area (Å²) in [5, 5.41) is 2.99. The minimum atomic E-state index is -0.144. The van der Waals surface area contributed by atoms with Crippen molar-refractivity contribution >= 4 is 17.7 Å². The molecule has 0 aliphatic rings. The van der Waals surface area contributed by atoms with E-state index in [4.69, 9.17) is 0 Å². The molecule has 0 bridgehead atoms. The number of hydrogen-bond acceptors (Lipinski definition) is 3. The lowest BCUT2D eigenvalue weighted by Crippen LogP contribution is -2.32. The third-order valence-electron chi connectivity index (χ3n) is 3.07. The maximum Gasteiger partial charge on any atom is 0.243 e. The molecule has 0 aliphatic carbocycles. The maximum absolute atomic E-state index is 12.4. The molecule has 0 saturated heterocycles. The summed E-state index contributed by atoms with van der Waals surface area (Å²) in [4.78, 5) is 16.4. The summed E-state index contributed by atoms with van der Waals surface area (Å²) in [5.41, 5.74) is 1.01. The van der Waals surface area contributed by atoms with Gasteiger partial charge in [-0.3, -0.25) is 9.78 Å². The van der Waals surface area contributed by atoms with Gasteiger partial charge in [0.2, 0.25) is 5.91 Å². The number of rotatable bonds is 7. The van der Waals surface area contributed by atoms with Gasteiger partial charge in [0.1, 0.15) is 6.04 Å². The summed E-state index contributed by atoms with van der Waals surface area (Å²) in [6, 6.07) is 7.58. The summed E-state index contributed by atoms with van der Waals surface area (Å²) in [5.74, 6) is 1.02. The minimum Gasteiger partial charge on any atom is -0.350 e. The Kier molecular flexibility index (Phi) is 5.68. The van der Waals surface area contributed by atoms with Gasteiger partial charge in [0.25, 0.3) is 0 Å². The Bertz CT molecular complexity index is 513. The number of hydrogen-bond donors (Lipinski definition) is 1. The second-order valence-electron chi connectivity index (χ2n) is 4.51. The standard InChI is InChI=1S/C15H19N3OS/c1-20-10-6-14(18-8-2-3-9-18)15(19)17-12-13-5-4-7-16-11-13/h2-5,7-9,11,14H,6,10,12H2,1H3,(H,17,19). The van der Waals surface area contributed by atoms with Gasteiger partial charge in [0, 0.05) is 31.3 Å². The van der Waals surface area contributed by atoms with Crippen LogP contribution in [0.5, 0.6) is 0 Å². The highest BCUT2D eigenvalue weighted by Gasteiger charge is 2.18. The van der Waals surface area contributed by atoms with Crippen LogP contribution < -0.4 is 5.32 Å². The van der Waals surface area contributed by atoms with Crippen molar-refractivity contribution in [3.05, 3.63) is 54.6 Å². The molecular formula is C15H19N3OS. The molecule has 0 aliphatic heterocycles. The summed E-state index contributed by atoms with van der Waals surface area (Å²) in [6.45, 7) is 0.518. The Hall–Kier alpha value is -1.75. The van der Waals surface area contributed by atoms with Crippen LogP contribution in [0.25, 0.3) is 0 Å². The fourth-order valence-corrected chi connectivity index (χ4v) is 2.47. The van der Waals surface area contributed by atoms with Crippen LogP contribution in [0.2, 0.25) is 0 Å². The molecular weight excluding hydrogens is 270 g/mol. The van der Waals surface area contributed by atoms with Gasteiger partial charge in [0.05, 0.1) is 0 Å². The molecule has 106 valence electrons. The third-order valence-corrected chi connectivity index (χ3v) is 3.72. The van der Waals surface area contributed by atoms with Crippen molar-refractivity contribution < 1.29 is 4.79 Å². The Labute approximate surface area is 123 Å². The molecule has 0 aromatic carbocycles. The normalized spacial score (nSPS) is 12.1. The highest BCUT2D eigenvalue weighted by molar-refractivity contribution is 7.98. The average molecular weight is 289 g/mol. The first-order chi connectivity index (χ1) is 9.81. The number of carbonyl (C=O) groups excluding carboxylic acids is 1. The number of carbonyl (C=O) groups is 1. The first-order valence-corrected chi connectivity index (χ1v) is 7.98. The molecule has 5 heteroatoms. The largest absolute Gasteiger partial charge is 0.350 e. The second-order valence-corrected chi connectivity index (χ2v) is 5.49. The van der Waals surface area contributed by atoms with E-state index in [9.17, 15) is 4.79 Å². The summed E-state index contributed by atoms with van der Waals surface area (Å²) in [6.07, 6.45) is 10.3. The van der Waals surface area contributed by atoms with Crippen LogP contribution in [-0.2, 0) is 11.3 Å². The van der Waals surface area contributed by atoms with Gasteiger partial charge in [-0.15, -0.1) is 0 Å². The molecule has 1 N–H and O–H groups in total. The number of thioether (sulfide) groups is 1. The summed E-state index contributed by atoms with van der Waals surface area (Å²) < 4.78 is 1.97. The van der Waals surface area contributed by atoms with E-state index in [1.165, 1.54) is 0 Å². The molecule has 0 saturated carbocycles. The predicted octanol–water partition coefficient (Wildman–Crippen LogP) is 2.49. The van der Waals surface area contributed by atoms with Crippen LogP contribution in [-0.4, -0.2) is 27.5 Å². The van der Waals surface area contributed by atoms with E-state index >= 15 is 0 Å². The van der Waals surface area contributed by atoms with E-state index in [2.05, 4.69) is 16.6 Å². The van der Waals surface area contributed by atoms with Crippen LogP contribution in [0.15, 0.2) is 49.1 Å². The number of nitrogens with zero attached hydrogens (tertiary/aromatic N) is 2. The lowest BCUT2D eigenvalue weighted by molar-refractivity contribution is -0.124. The zero-order chi connectivity index (χ0) is 14.2. The average Bonchev–Trinajstić information content (AvgIpc) is 3.01. The van der Waals surface area contributed by atoms with E-state index in [0.29, 0.717) is 6.54 Å². The first-order valence-electron chi connectivity index (χ1n) is 6.59. The van der Waals surface area contributed by atoms with Crippen molar-refractivity contribution in [2.45, 2.75) is 19.0 Å². The van der Waals surface area contributed by atoms with Crippen LogP contribution in [0.1, 0.15) is 18.0 Å². The molecule has 2 aromatic rings. The van der Waals surface area contributed by atoms with Crippen LogP contribution >= 0.6 is 11.8 Å². The fraction of sp³-hybridized carbons (Fsp3) is 0.333. The molecule has 2 aromatic heterocycles. The van der Waals surface area contributed by atoms with Crippen molar-refractivity contribution in [1.29, 1.82) is 0 Å². The molecule has 1 amide bonds. The van der Waals surface area contributed by atoms with Crippen molar-refractivity contribution in [1.82, 2.24) is 14.9 Å². The molecule has 2 rings (SSSR count). The van der Waals surface area contributed by atoms with Gasteiger partial charge < -0.3 is 9.88 Å². The number of aromatic nitrogens is 2. The van der Waals surface area contributed by atoms with E-state index in [-0.39, 0.29) is 11.9 Å². The lowest BCUT2D eigenvalue weighted by atomic mass is 10.2. The number of nitrogens with one attached hydrogen (secondary N) is 1. The molecule has 0 fully saturated rings. The Morgan fingerprint density at radius 3 is 2.85 bits per heavy atom. The van der Waals surface area contributed by atoms with Crippen molar-refractivity contribution in [3.8, 4) is 0 Å². The number of amides is 1. The zero-order valence-corrected chi connectivity index (χ0v) is 12.3. The number of pyridine rings is 1. The molecule has 0 radical (unpaired) electrons. The van der Waals surface area contributed by atoms with Crippen molar-refractivity contribution in [3.63, 3.8) is 0 Å². The topological polar surface area (TPSA) is 46.9 Å². The molecule has 2 heterocycles. The monoisotopic (exact) mass is 289 g/mol. The lowest BCUT2D eigenvalue weighted by Gasteiger charge is -2.18. The van der Waals surface area contributed by atoms with Crippen LogP contribution in [0.3, 0.4) is 0 Å². The van der Waals surface area contributed by atoms with Crippen LogP contribution in [0.4, 0.5) is 0 Å². The Morgan fingerprint density at radius 2 is 2.20 bits per heavy atom. The second kappa shape index (κ2) is 7.75. The molecule has 1 atom stereocenters. The fourth-order valence-electron chi connectivity index (χ4n) is 2.01. The Balaban J connectivity index is 1.96. The van der Waals surface area contributed by atoms with Gasteiger partial charge in [-0.05, 0) is 42.2 Å². The van der Waals surface area contributed by atoms with Gasteiger partial charge >= 0.3 is 0 Å². The summed E-state index contributed by atoms with van der Waals surface area (Å²) in [7, 11) is 0. The van der Waals surface area contributed by atoms with E-state index < -0.39 is 0 Å². The molecule has 4 nitrogen and oxygen atoms in total.